The molecular formula is C28H22Cl2N6O4. The number of amides is 2. The number of carbonyl (C=O) groups is 2. The van der Waals surface area contributed by atoms with E-state index in [9.17, 15) is 9.59 Å². The smallest absolute Gasteiger partial charge is 0.319 e. The summed E-state index contributed by atoms with van der Waals surface area (Å²) in [5.41, 5.74) is 1.98. The molecule has 7 rings (SSSR count). The highest BCUT2D eigenvalue weighted by molar-refractivity contribution is 6.32. The Balaban J connectivity index is 1.57. The molecule has 3 aliphatic rings. The number of ether oxygens (including phenoxy) is 2. The summed E-state index contributed by atoms with van der Waals surface area (Å²) in [5.74, 6) is -0.128. The van der Waals surface area contributed by atoms with Gasteiger partial charge < -0.3 is 19.4 Å². The molecule has 12 heteroatoms. The minimum atomic E-state index is -1.56. The van der Waals surface area contributed by atoms with Crippen molar-refractivity contribution in [3.63, 3.8) is 0 Å². The lowest BCUT2D eigenvalue weighted by molar-refractivity contribution is -0.119. The van der Waals surface area contributed by atoms with Gasteiger partial charge >= 0.3 is 6.01 Å². The van der Waals surface area contributed by atoms with E-state index in [0.717, 1.165) is 18.4 Å². The molecule has 10 nitrogen and oxygen atoms in total. The Morgan fingerprint density at radius 2 is 1.77 bits per heavy atom. The molecule has 0 unspecified atom stereocenters. The number of nitrogens with zero attached hydrogens (tertiary/aromatic N) is 5. The fourth-order valence-electron chi connectivity index (χ4n) is 5.77. The second-order valence-corrected chi connectivity index (χ2v) is 10.8. The first kappa shape index (κ1) is 24.9. The Kier molecular flexibility index (Phi) is 5.39. The fourth-order valence-corrected chi connectivity index (χ4v) is 6.11. The van der Waals surface area contributed by atoms with Crippen molar-refractivity contribution in [2.75, 3.05) is 24.4 Å². The molecule has 2 aromatic carbocycles. The number of hydrogen-bond acceptors (Lipinski definition) is 7. The Bertz CT molecular complexity index is 1770. The van der Waals surface area contributed by atoms with Gasteiger partial charge in [0.05, 0.1) is 31.2 Å². The van der Waals surface area contributed by atoms with Gasteiger partial charge in [0.1, 0.15) is 5.82 Å². The van der Waals surface area contributed by atoms with Crippen LogP contribution < -0.4 is 19.7 Å². The third-order valence-corrected chi connectivity index (χ3v) is 8.09. The van der Waals surface area contributed by atoms with Crippen molar-refractivity contribution >= 4 is 46.4 Å². The number of imidazole rings is 1. The maximum atomic E-state index is 14.5. The zero-order valence-corrected chi connectivity index (χ0v) is 23.2. The predicted molar refractivity (Wildman–Crippen MR) is 148 cm³/mol. The molecule has 2 aromatic heterocycles. The number of aromatic nitrogens is 4. The topological polar surface area (TPSA) is 111 Å². The molecule has 0 radical (unpaired) electrons. The van der Waals surface area contributed by atoms with E-state index >= 15 is 0 Å². The van der Waals surface area contributed by atoms with Crippen LogP contribution in [0.5, 0.6) is 11.9 Å². The average Bonchev–Trinajstić information content (AvgIpc) is 3.58. The van der Waals surface area contributed by atoms with Crippen molar-refractivity contribution in [2.24, 2.45) is 0 Å². The summed E-state index contributed by atoms with van der Waals surface area (Å²) < 4.78 is 12.7. The van der Waals surface area contributed by atoms with Crippen molar-refractivity contribution in [1.29, 1.82) is 0 Å². The zero-order chi connectivity index (χ0) is 27.9. The van der Waals surface area contributed by atoms with Crippen molar-refractivity contribution in [3.05, 3.63) is 75.2 Å². The summed E-state index contributed by atoms with van der Waals surface area (Å²) >= 11 is 12.7. The number of hydrogen-bond donors (Lipinski definition) is 1. The minimum Gasteiger partial charge on any atom is -0.480 e. The summed E-state index contributed by atoms with van der Waals surface area (Å²) in [7, 11) is 2.95. The van der Waals surface area contributed by atoms with Gasteiger partial charge in [-0.25, -0.2) is 9.97 Å². The largest absolute Gasteiger partial charge is 0.480 e. The molecule has 1 atom stereocenters. The molecule has 40 heavy (non-hydrogen) atoms. The lowest BCUT2D eigenvalue weighted by Gasteiger charge is -2.36. The fraction of sp³-hybridized carbons (Fsp3) is 0.250. The summed E-state index contributed by atoms with van der Waals surface area (Å²) in [6.45, 7) is 1.87. The Labute approximate surface area is 238 Å². The minimum absolute atomic E-state index is 0.00675. The second-order valence-electron chi connectivity index (χ2n) is 9.94. The SMILES string of the molecule is COc1ncc(-c2nc3c(n2C2CC2)[C@]2(C(=O)Nc4cc(Cl)ccc42)N(c2cc(Cl)ccc2C)C3=O)c(OC)n1. The molecule has 2 aliphatic heterocycles. The molecule has 1 N–H and O–H groups in total. The summed E-state index contributed by atoms with van der Waals surface area (Å²) in [6.07, 6.45) is 3.26. The third-order valence-electron chi connectivity index (χ3n) is 7.62. The maximum Gasteiger partial charge on any atom is 0.319 e. The lowest BCUT2D eigenvalue weighted by Crippen LogP contribution is -2.51. The molecule has 1 spiro atoms. The van der Waals surface area contributed by atoms with Crippen LogP contribution in [0.25, 0.3) is 11.4 Å². The van der Waals surface area contributed by atoms with Crippen molar-refractivity contribution in [3.8, 4) is 23.3 Å². The van der Waals surface area contributed by atoms with Gasteiger partial charge in [-0.05, 0) is 49.6 Å². The van der Waals surface area contributed by atoms with E-state index in [1.807, 2.05) is 17.6 Å². The van der Waals surface area contributed by atoms with Crippen LogP contribution in [-0.2, 0) is 10.3 Å². The molecule has 0 bridgehead atoms. The van der Waals surface area contributed by atoms with Crippen LogP contribution in [0.4, 0.5) is 11.4 Å². The van der Waals surface area contributed by atoms with E-state index in [2.05, 4.69) is 15.3 Å². The Morgan fingerprint density at radius 3 is 2.50 bits per heavy atom. The molecule has 4 aromatic rings. The van der Waals surface area contributed by atoms with E-state index in [4.69, 9.17) is 37.7 Å². The van der Waals surface area contributed by atoms with E-state index in [1.165, 1.54) is 19.1 Å². The monoisotopic (exact) mass is 576 g/mol. The van der Waals surface area contributed by atoms with Crippen LogP contribution in [-0.4, -0.2) is 45.6 Å². The van der Waals surface area contributed by atoms with Gasteiger partial charge in [-0.2, -0.15) is 4.98 Å². The van der Waals surface area contributed by atoms with Gasteiger partial charge in [0.2, 0.25) is 5.88 Å². The average molecular weight is 577 g/mol. The number of methoxy groups -OCH3 is 2. The lowest BCUT2D eigenvalue weighted by atomic mass is 9.86. The normalized spacial score (nSPS) is 19.2. The van der Waals surface area contributed by atoms with E-state index in [-0.39, 0.29) is 29.5 Å². The highest BCUT2D eigenvalue weighted by atomic mass is 35.5. The van der Waals surface area contributed by atoms with Gasteiger partial charge in [-0.1, -0.05) is 35.3 Å². The number of nitrogens with one attached hydrogen (secondary N) is 1. The van der Waals surface area contributed by atoms with Crippen LogP contribution in [0.15, 0.2) is 42.6 Å². The van der Waals surface area contributed by atoms with Gasteiger partial charge in [-0.15, -0.1) is 0 Å². The quantitative estimate of drug-likeness (QED) is 0.349. The number of anilines is 2. The summed E-state index contributed by atoms with van der Waals surface area (Å²) in [6, 6.07) is 10.6. The molecule has 1 fully saturated rings. The first-order valence-corrected chi connectivity index (χ1v) is 13.4. The van der Waals surface area contributed by atoms with Gasteiger partial charge in [0.25, 0.3) is 11.8 Å². The molecular weight excluding hydrogens is 555 g/mol. The maximum absolute atomic E-state index is 14.5. The van der Waals surface area contributed by atoms with Gasteiger partial charge in [0, 0.05) is 33.5 Å². The Morgan fingerprint density at radius 1 is 1.02 bits per heavy atom. The second kappa shape index (κ2) is 8.67. The van der Waals surface area contributed by atoms with Crippen LogP contribution in [0.1, 0.15) is 46.2 Å². The zero-order valence-electron chi connectivity index (χ0n) is 21.7. The standard InChI is InChI=1S/C28H22Cl2N6O4/c1-13-4-5-15(30)11-20(13)36-25(37)21-22(28(36)18-9-6-14(29)10-19(18)32-26(28)38)35(16-7-8-16)23(33-21)17-12-31-27(40-3)34-24(17)39-2/h4-6,9-12,16H,7-8H2,1-3H3,(H,32,38)/t28-/m1/s1. The number of benzene rings is 2. The number of carbonyl (C=O) groups excluding carboxylic acids is 2. The number of rotatable bonds is 5. The Hall–Kier alpha value is -4.15. The summed E-state index contributed by atoms with van der Waals surface area (Å²) in [4.78, 5) is 43.8. The molecule has 0 saturated heterocycles. The van der Waals surface area contributed by atoms with Crippen LogP contribution in [0.2, 0.25) is 10.0 Å². The first-order chi connectivity index (χ1) is 19.3. The van der Waals surface area contributed by atoms with Crippen LogP contribution in [0, 0.1) is 6.92 Å². The predicted octanol–water partition coefficient (Wildman–Crippen LogP) is 5.16. The first-order valence-electron chi connectivity index (χ1n) is 12.6. The summed E-state index contributed by atoms with van der Waals surface area (Å²) in [5, 5.41) is 3.88. The van der Waals surface area contributed by atoms with E-state index in [1.54, 1.807) is 36.5 Å². The molecule has 4 heterocycles. The van der Waals surface area contributed by atoms with E-state index in [0.29, 0.717) is 44.1 Å². The van der Waals surface area contributed by atoms with Crippen LogP contribution in [0.3, 0.4) is 0 Å². The number of fused-ring (bicyclic) bond motifs is 4. The highest BCUT2D eigenvalue weighted by Crippen LogP contribution is 2.56. The number of aryl methyl sites for hydroxylation is 1. The third kappa shape index (κ3) is 3.26. The molecule has 202 valence electrons. The highest BCUT2D eigenvalue weighted by Gasteiger charge is 2.65. The van der Waals surface area contributed by atoms with Crippen molar-refractivity contribution < 1.29 is 19.1 Å². The van der Waals surface area contributed by atoms with Crippen LogP contribution >= 0.6 is 23.2 Å². The van der Waals surface area contributed by atoms with Crippen molar-refractivity contribution in [1.82, 2.24) is 19.5 Å². The molecule has 2 amide bonds. The molecule has 1 saturated carbocycles. The van der Waals surface area contributed by atoms with E-state index < -0.39 is 11.4 Å². The molecule has 1 aliphatic carbocycles. The van der Waals surface area contributed by atoms with Gasteiger partial charge in [-0.3, -0.25) is 14.5 Å². The number of halogens is 2. The van der Waals surface area contributed by atoms with Gasteiger partial charge in [0.15, 0.2) is 11.2 Å². The van der Waals surface area contributed by atoms with Crippen molar-refractivity contribution in [2.45, 2.75) is 31.3 Å².